The molecule has 0 bridgehead atoms. The van der Waals surface area contributed by atoms with Crippen LogP contribution in [-0.4, -0.2) is 6.10 Å². The fourth-order valence-electron chi connectivity index (χ4n) is 1.96. The van der Waals surface area contributed by atoms with Gasteiger partial charge in [0.2, 0.25) is 0 Å². The second-order valence-electron chi connectivity index (χ2n) is 6.22. The summed E-state index contributed by atoms with van der Waals surface area (Å²) in [6.07, 6.45) is 1.17. The summed E-state index contributed by atoms with van der Waals surface area (Å²) in [7, 11) is 0. The Kier molecular flexibility index (Phi) is 5.17. The second kappa shape index (κ2) is 6.21. The monoisotopic (exact) mass is 250 g/mol. The third kappa shape index (κ3) is 5.07. The topological polar surface area (TPSA) is 47.3 Å². The van der Waals surface area contributed by atoms with Crippen LogP contribution >= 0.6 is 0 Å². The second-order valence-corrected chi connectivity index (χ2v) is 6.22. The van der Waals surface area contributed by atoms with Crippen LogP contribution in [0.5, 0.6) is 5.75 Å². The molecular formula is C15H26N2O. The minimum atomic E-state index is 0.153. The predicted octanol–water partition coefficient (Wildman–Crippen LogP) is 3.41. The lowest BCUT2D eigenvalue weighted by molar-refractivity contribution is 0.241. The van der Waals surface area contributed by atoms with E-state index in [0.717, 1.165) is 12.2 Å². The van der Waals surface area contributed by atoms with Gasteiger partial charge >= 0.3 is 0 Å². The predicted molar refractivity (Wildman–Crippen MR) is 76.3 cm³/mol. The van der Waals surface area contributed by atoms with E-state index in [1.807, 2.05) is 26.0 Å². The van der Waals surface area contributed by atoms with Crippen molar-refractivity contribution in [3.8, 4) is 5.75 Å². The van der Waals surface area contributed by atoms with E-state index in [2.05, 4.69) is 38.3 Å². The molecule has 0 saturated heterocycles. The number of nitrogens with two attached hydrogens (primary N) is 1. The first-order valence-electron chi connectivity index (χ1n) is 6.54. The van der Waals surface area contributed by atoms with E-state index >= 15 is 0 Å². The van der Waals surface area contributed by atoms with Crippen molar-refractivity contribution >= 4 is 0 Å². The van der Waals surface area contributed by atoms with E-state index in [0.29, 0.717) is 0 Å². The largest absolute Gasteiger partial charge is 0.491 e. The molecule has 0 spiro atoms. The van der Waals surface area contributed by atoms with Crippen LogP contribution in [0.1, 0.15) is 52.6 Å². The molecule has 0 amide bonds. The highest BCUT2D eigenvalue weighted by molar-refractivity contribution is 5.30. The molecular weight excluding hydrogens is 224 g/mol. The van der Waals surface area contributed by atoms with Crippen LogP contribution in [0, 0.1) is 5.41 Å². The first kappa shape index (κ1) is 15.0. The van der Waals surface area contributed by atoms with E-state index in [1.54, 1.807) is 0 Å². The molecule has 0 aliphatic heterocycles. The van der Waals surface area contributed by atoms with Crippen molar-refractivity contribution in [1.82, 2.24) is 5.43 Å². The van der Waals surface area contributed by atoms with Gasteiger partial charge in [-0.05, 0) is 43.4 Å². The first-order chi connectivity index (χ1) is 8.31. The van der Waals surface area contributed by atoms with Crippen LogP contribution < -0.4 is 16.0 Å². The average molecular weight is 250 g/mol. The molecule has 0 saturated carbocycles. The summed E-state index contributed by atoms with van der Waals surface area (Å²) in [5.74, 6) is 6.57. The normalized spacial score (nSPS) is 13.7. The Morgan fingerprint density at radius 3 is 2.44 bits per heavy atom. The Morgan fingerprint density at radius 1 is 1.28 bits per heavy atom. The van der Waals surface area contributed by atoms with E-state index in [9.17, 15) is 0 Å². The van der Waals surface area contributed by atoms with Gasteiger partial charge in [-0.3, -0.25) is 11.3 Å². The third-order valence-electron chi connectivity index (χ3n) is 2.65. The van der Waals surface area contributed by atoms with Crippen LogP contribution in [0.4, 0.5) is 0 Å². The maximum absolute atomic E-state index is 5.71. The molecule has 1 unspecified atom stereocenters. The van der Waals surface area contributed by atoms with Gasteiger partial charge in [0.25, 0.3) is 0 Å². The van der Waals surface area contributed by atoms with Crippen molar-refractivity contribution in [2.75, 3.05) is 0 Å². The Bertz CT molecular complexity index is 369. The number of hydrogen-bond acceptors (Lipinski definition) is 3. The minimum absolute atomic E-state index is 0.153. The van der Waals surface area contributed by atoms with Crippen LogP contribution in [0.25, 0.3) is 0 Å². The number of benzene rings is 1. The molecule has 0 heterocycles. The summed E-state index contributed by atoms with van der Waals surface area (Å²) in [6, 6.07) is 8.30. The van der Waals surface area contributed by atoms with E-state index in [1.165, 1.54) is 5.56 Å². The molecule has 0 fully saturated rings. The lowest BCUT2D eigenvalue weighted by atomic mass is 9.86. The van der Waals surface area contributed by atoms with Crippen LogP contribution in [-0.2, 0) is 0 Å². The molecule has 1 atom stereocenters. The smallest absolute Gasteiger partial charge is 0.120 e. The number of hydrazine groups is 1. The summed E-state index contributed by atoms with van der Waals surface area (Å²) >= 11 is 0. The standard InChI is InChI=1S/C15H26N2O/c1-11(2)18-13-8-6-7-12(9-13)14(17-16)10-15(3,4)5/h6-9,11,14,17H,10,16H2,1-5H3. The van der Waals surface area contributed by atoms with Gasteiger partial charge in [-0.2, -0.15) is 0 Å². The van der Waals surface area contributed by atoms with E-state index in [4.69, 9.17) is 10.6 Å². The quantitative estimate of drug-likeness (QED) is 0.622. The molecule has 0 aliphatic rings. The molecule has 1 aromatic carbocycles. The molecule has 3 heteroatoms. The van der Waals surface area contributed by atoms with Crippen molar-refractivity contribution in [3.05, 3.63) is 29.8 Å². The van der Waals surface area contributed by atoms with Gasteiger partial charge in [0.1, 0.15) is 5.75 Å². The molecule has 3 N–H and O–H groups in total. The molecule has 102 valence electrons. The third-order valence-corrected chi connectivity index (χ3v) is 2.65. The fourth-order valence-corrected chi connectivity index (χ4v) is 1.96. The maximum Gasteiger partial charge on any atom is 0.120 e. The summed E-state index contributed by atoms with van der Waals surface area (Å²) in [5.41, 5.74) is 4.30. The molecule has 0 aliphatic carbocycles. The van der Waals surface area contributed by atoms with Crippen molar-refractivity contribution in [2.45, 2.75) is 53.2 Å². The minimum Gasteiger partial charge on any atom is -0.491 e. The lowest BCUT2D eigenvalue weighted by Gasteiger charge is -2.26. The number of rotatable bonds is 5. The average Bonchev–Trinajstić information content (AvgIpc) is 2.24. The summed E-state index contributed by atoms with van der Waals surface area (Å²) in [5, 5.41) is 0. The highest BCUT2D eigenvalue weighted by Crippen LogP contribution is 2.30. The number of nitrogens with one attached hydrogen (secondary N) is 1. The Morgan fingerprint density at radius 2 is 1.94 bits per heavy atom. The highest BCUT2D eigenvalue weighted by atomic mass is 16.5. The van der Waals surface area contributed by atoms with Crippen molar-refractivity contribution in [1.29, 1.82) is 0 Å². The van der Waals surface area contributed by atoms with Crippen molar-refractivity contribution < 1.29 is 4.74 Å². The van der Waals surface area contributed by atoms with Gasteiger partial charge in [0.15, 0.2) is 0 Å². The Hall–Kier alpha value is -1.06. The van der Waals surface area contributed by atoms with Crippen LogP contribution in [0.3, 0.4) is 0 Å². The van der Waals surface area contributed by atoms with Gasteiger partial charge < -0.3 is 4.74 Å². The molecule has 1 aromatic rings. The molecule has 1 rings (SSSR count). The zero-order valence-corrected chi connectivity index (χ0v) is 12.2. The van der Waals surface area contributed by atoms with Gasteiger partial charge in [0, 0.05) is 6.04 Å². The lowest BCUT2D eigenvalue weighted by Crippen LogP contribution is -2.31. The Balaban J connectivity index is 2.86. The van der Waals surface area contributed by atoms with Gasteiger partial charge in [-0.15, -0.1) is 0 Å². The SMILES string of the molecule is CC(C)Oc1cccc(C(CC(C)(C)C)NN)c1. The van der Waals surface area contributed by atoms with Crippen molar-refractivity contribution in [3.63, 3.8) is 0 Å². The highest BCUT2D eigenvalue weighted by Gasteiger charge is 2.19. The van der Waals surface area contributed by atoms with E-state index < -0.39 is 0 Å². The van der Waals surface area contributed by atoms with E-state index in [-0.39, 0.29) is 17.6 Å². The summed E-state index contributed by atoms with van der Waals surface area (Å²) < 4.78 is 5.71. The van der Waals surface area contributed by atoms with Crippen LogP contribution in [0.2, 0.25) is 0 Å². The molecule has 0 radical (unpaired) electrons. The zero-order valence-electron chi connectivity index (χ0n) is 12.2. The van der Waals surface area contributed by atoms with Gasteiger partial charge in [0.05, 0.1) is 6.10 Å². The fraction of sp³-hybridized carbons (Fsp3) is 0.600. The maximum atomic E-state index is 5.71. The van der Waals surface area contributed by atoms with Crippen molar-refractivity contribution in [2.24, 2.45) is 11.3 Å². The molecule has 3 nitrogen and oxygen atoms in total. The van der Waals surface area contributed by atoms with Gasteiger partial charge in [-0.25, -0.2) is 0 Å². The molecule has 18 heavy (non-hydrogen) atoms. The first-order valence-corrected chi connectivity index (χ1v) is 6.54. The van der Waals surface area contributed by atoms with Crippen LogP contribution in [0.15, 0.2) is 24.3 Å². The zero-order chi connectivity index (χ0) is 13.8. The molecule has 0 aromatic heterocycles. The Labute approximate surface area is 111 Å². The summed E-state index contributed by atoms with van der Waals surface area (Å²) in [6.45, 7) is 10.7. The number of hydrogen-bond donors (Lipinski definition) is 2. The summed E-state index contributed by atoms with van der Waals surface area (Å²) in [4.78, 5) is 0. The number of ether oxygens (including phenoxy) is 1. The van der Waals surface area contributed by atoms with Gasteiger partial charge in [-0.1, -0.05) is 32.9 Å².